The Morgan fingerprint density at radius 1 is 1.14 bits per heavy atom. The maximum absolute atomic E-state index is 15.2. The third-order valence-electron chi connectivity index (χ3n) is 6.64. The summed E-state index contributed by atoms with van der Waals surface area (Å²) in [6, 6.07) is 8.77. The van der Waals surface area contributed by atoms with Crippen molar-refractivity contribution in [2.24, 2.45) is 7.05 Å². The number of halogens is 1. The van der Waals surface area contributed by atoms with Gasteiger partial charge in [-0.15, -0.1) is 0 Å². The van der Waals surface area contributed by atoms with Crippen LogP contribution in [0.1, 0.15) is 29.6 Å². The zero-order valence-corrected chi connectivity index (χ0v) is 19.0. The van der Waals surface area contributed by atoms with Crippen LogP contribution in [-0.4, -0.2) is 47.9 Å². The maximum atomic E-state index is 15.2. The average molecular weight is 471 g/mol. The molecule has 0 bridgehead atoms. The summed E-state index contributed by atoms with van der Waals surface area (Å²) in [5.74, 6) is -0.648. The predicted octanol–water partition coefficient (Wildman–Crippen LogP) is 3.96. The zero-order valence-electron chi connectivity index (χ0n) is 19.0. The predicted molar refractivity (Wildman–Crippen MR) is 130 cm³/mol. The van der Waals surface area contributed by atoms with Crippen LogP contribution in [0.2, 0.25) is 0 Å². The van der Waals surface area contributed by atoms with Crippen molar-refractivity contribution < 1.29 is 14.3 Å². The van der Waals surface area contributed by atoms with Gasteiger partial charge in [-0.3, -0.25) is 14.5 Å². The molecule has 9 heteroatoms. The number of nitrogens with one attached hydrogen (secondary N) is 2. The van der Waals surface area contributed by atoms with Crippen molar-refractivity contribution in [2.45, 2.75) is 31.4 Å². The lowest BCUT2D eigenvalue weighted by molar-refractivity contribution is 0.0934. The van der Waals surface area contributed by atoms with Gasteiger partial charge in [0.1, 0.15) is 11.5 Å². The van der Waals surface area contributed by atoms with Crippen molar-refractivity contribution >= 4 is 27.8 Å². The fraction of sp³-hybridized carbons (Fsp3) is 0.231. The molecule has 0 aliphatic heterocycles. The van der Waals surface area contributed by atoms with Gasteiger partial charge in [-0.05, 0) is 43.0 Å². The van der Waals surface area contributed by atoms with Crippen LogP contribution in [0.3, 0.4) is 0 Å². The molecule has 0 radical (unpaired) electrons. The van der Waals surface area contributed by atoms with Crippen molar-refractivity contribution in [3.63, 3.8) is 0 Å². The van der Waals surface area contributed by atoms with E-state index in [-0.39, 0.29) is 18.1 Å². The van der Waals surface area contributed by atoms with Crippen molar-refractivity contribution in [2.75, 3.05) is 0 Å². The van der Waals surface area contributed by atoms with Gasteiger partial charge in [0.15, 0.2) is 0 Å². The molecule has 4 aromatic heterocycles. The molecule has 2 atom stereocenters. The average Bonchev–Trinajstić information content (AvgIpc) is 3.57. The number of carbonyl (C=O) groups excluding carboxylic acids is 1. The minimum absolute atomic E-state index is 0.0247. The Hall–Kier alpha value is -4.11. The Morgan fingerprint density at radius 3 is 2.69 bits per heavy atom. The normalized spacial score (nSPS) is 17.9. The highest BCUT2D eigenvalue weighted by molar-refractivity contribution is 6.13. The highest BCUT2D eigenvalue weighted by atomic mass is 19.1. The molecular formula is C26H23FN6O2. The summed E-state index contributed by atoms with van der Waals surface area (Å²) in [5.41, 5.74) is 4.44. The summed E-state index contributed by atoms with van der Waals surface area (Å²) in [4.78, 5) is 24.7. The molecule has 4 heterocycles. The second-order valence-electron chi connectivity index (χ2n) is 9.06. The molecule has 1 fully saturated rings. The second-order valence-corrected chi connectivity index (χ2v) is 9.06. The Kier molecular flexibility index (Phi) is 5.07. The molecule has 0 saturated heterocycles. The summed E-state index contributed by atoms with van der Waals surface area (Å²) < 4.78 is 16.9. The van der Waals surface area contributed by atoms with Gasteiger partial charge in [-0.2, -0.15) is 5.10 Å². The van der Waals surface area contributed by atoms with Crippen LogP contribution in [0.15, 0.2) is 55.1 Å². The number of aliphatic hydroxyl groups is 1. The van der Waals surface area contributed by atoms with Crippen LogP contribution in [-0.2, 0) is 7.05 Å². The van der Waals surface area contributed by atoms with E-state index in [1.54, 1.807) is 41.3 Å². The Balaban J connectivity index is 1.40. The number of amides is 1. The number of rotatable bonds is 4. The maximum Gasteiger partial charge on any atom is 0.251 e. The van der Waals surface area contributed by atoms with E-state index < -0.39 is 5.82 Å². The Bertz CT molecular complexity index is 1570. The molecule has 0 spiro atoms. The van der Waals surface area contributed by atoms with Crippen molar-refractivity contribution in [3.8, 4) is 22.4 Å². The largest absolute Gasteiger partial charge is 0.393 e. The van der Waals surface area contributed by atoms with Crippen LogP contribution in [0, 0.1) is 5.82 Å². The van der Waals surface area contributed by atoms with Crippen molar-refractivity contribution in [1.29, 1.82) is 0 Å². The first kappa shape index (κ1) is 21.4. The first-order valence-electron chi connectivity index (χ1n) is 11.5. The molecule has 1 aliphatic carbocycles. The number of aryl methyl sites for hydroxylation is 1. The molecule has 1 aliphatic rings. The molecule has 3 N–H and O–H groups in total. The Labute approximate surface area is 199 Å². The van der Waals surface area contributed by atoms with Gasteiger partial charge in [0.25, 0.3) is 5.91 Å². The fourth-order valence-electron chi connectivity index (χ4n) is 4.87. The molecule has 5 aromatic rings. The van der Waals surface area contributed by atoms with E-state index in [9.17, 15) is 9.90 Å². The van der Waals surface area contributed by atoms with Gasteiger partial charge in [0.05, 0.1) is 35.9 Å². The number of carbonyl (C=O) groups is 1. The lowest BCUT2D eigenvalue weighted by Crippen LogP contribution is -2.33. The van der Waals surface area contributed by atoms with E-state index >= 15 is 4.39 Å². The summed E-state index contributed by atoms with van der Waals surface area (Å²) in [5, 5.41) is 18.3. The number of aromatic amines is 1. The van der Waals surface area contributed by atoms with Gasteiger partial charge in [0, 0.05) is 46.7 Å². The van der Waals surface area contributed by atoms with E-state index in [0.717, 1.165) is 28.6 Å². The van der Waals surface area contributed by atoms with Gasteiger partial charge >= 0.3 is 0 Å². The van der Waals surface area contributed by atoms with E-state index in [1.165, 1.54) is 6.20 Å². The minimum atomic E-state index is -0.449. The first-order chi connectivity index (χ1) is 17.0. The molecule has 1 aromatic carbocycles. The molecule has 176 valence electrons. The molecular weight excluding hydrogens is 447 g/mol. The molecule has 1 amide bonds. The Morgan fingerprint density at radius 2 is 1.97 bits per heavy atom. The number of pyridine rings is 2. The van der Waals surface area contributed by atoms with Gasteiger partial charge in [0.2, 0.25) is 0 Å². The number of hydrogen-bond acceptors (Lipinski definition) is 5. The topological polar surface area (TPSA) is 109 Å². The lowest BCUT2D eigenvalue weighted by Gasteiger charge is -2.13. The van der Waals surface area contributed by atoms with Crippen LogP contribution in [0.4, 0.5) is 4.39 Å². The number of benzene rings is 1. The number of hydrogen-bond donors (Lipinski definition) is 3. The number of aliphatic hydroxyl groups excluding tert-OH is 1. The van der Waals surface area contributed by atoms with Crippen LogP contribution >= 0.6 is 0 Å². The zero-order chi connectivity index (χ0) is 24.1. The lowest BCUT2D eigenvalue weighted by atomic mass is 9.99. The standard InChI is InChI=1S/C26H23FN6O2/c1-33-13-16(10-30-33)21-9-19-22(12-28-21)32-25-24(19)23(20(27)11-29-25)14-2-4-15(5-3-14)26(35)31-17-6-7-18(34)8-17/h2-5,9-13,17-18,34H,6-8H2,1H3,(H,29,32)(H,31,35)/t17-,18-/m1/s1. The summed E-state index contributed by atoms with van der Waals surface area (Å²) in [6.07, 6.45) is 8.21. The van der Waals surface area contributed by atoms with E-state index in [0.29, 0.717) is 40.6 Å². The third kappa shape index (κ3) is 3.83. The van der Waals surface area contributed by atoms with E-state index in [1.807, 2.05) is 19.3 Å². The van der Waals surface area contributed by atoms with Gasteiger partial charge in [-0.1, -0.05) is 12.1 Å². The van der Waals surface area contributed by atoms with Crippen molar-refractivity contribution in [1.82, 2.24) is 30.0 Å². The fourth-order valence-corrected chi connectivity index (χ4v) is 4.87. The van der Waals surface area contributed by atoms with Crippen LogP contribution < -0.4 is 5.32 Å². The van der Waals surface area contributed by atoms with Crippen LogP contribution in [0.5, 0.6) is 0 Å². The van der Waals surface area contributed by atoms with E-state index in [2.05, 4.69) is 25.4 Å². The molecule has 6 rings (SSSR count). The summed E-state index contributed by atoms with van der Waals surface area (Å²) in [6.45, 7) is 0. The monoisotopic (exact) mass is 470 g/mol. The number of fused-ring (bicyclic) bond motifs is 3. The summed E-state index contributed by atoms with van der Waals surface area (Å²) >= 11 is 0. The molecule has 0 unspecified atom stereocenters. The second kappa shape index (κ2) is 8.28. The number of nitrogens with zero attached hydrogens (tertiary/aromatic N) is 4. The number of H-pyrrole nitrogens is 1. The van der Waals surface area contributed by atoms with Crippen LogP contribution in [0.25, 0.3) is 44.3 Å². The highest BCUT2D eigenvalue weighted by Crippen LogP contribution is 2.36. The van der Waals surface area contributed by atoms with E-state index in [4.69, 9.17) is 0 Å². The first-order valence-corrected chi connectivity index (χ1v) is 11.5. The molecule has 1 saturated carbocycles. The summed E-state index contributed by atoms with van der Waals surface area (Å²) in [7, 11) is 1.84. The third-order valence-corrected chi connectivity index (χ3v) is 6.64. The number of aromatic nitrogens is 5. The van der Waals surface area contributed by atoms with Crippen molar-refractivity contribution in [3.05, 3.63) is 66.5 Å². The minimum Gasteiger partial charge on any atom is -0.393 e. The SMILES string of the molecule is Cn1cc(-c2cc3c(cn2)[nH]c2ncc(F)c(-c4ccc(C(=O)N[C@@H]5CC[C@@H](O)C5)cc4)c23)cn1. The quantitative estimate of drug-likeness (QED) is 0.368. The molecule has 35 heavy (non-hydrogen) atoms. The van der Waals surface area contributed by atoms with Gasteiger partial charge in [-0.25, -0.2) is 9.37 Å². The highest BCUT2D eigenvalue weighted by Gasteiger charge is 2.24. The molecule has 8 nitrogen and oxygen atoms in total. The smallest absolute Gasteiger partial charge is 0.251 e. The van der Waals surface area contributed by atoms with Gasteiger partial charge < -0.3 is 15.4 Å².